The van der Waals surface area contributed by atoms with E-state index < -0.39 is 0 Å². The standard InChI is InChI=1S/C15H18N4O/c1-11-9-17-14(18-11)13-3-2-8-19(10-13)15(20)12-4-6-16-7-5-12/h4-7,9,13H,2-3,8,10H2,1H3,(H,17,18)/t13-/m1/s1. The van der Waals surface area contributed by atoms with Crippen molar-refractivity contribution in [1.29, 1.82) is 0 Å². The van der Waals surface area contributed by atoms with Crippen LogP contribution in [0.2, 0.25) is 0 Å². The molecule has 20 heavy (non-hydrogen) atoms. The van der Waals surface area contributed by atoms with Crippen LogP contribution in [0.25, 0.3) is 0 Å². The lowest BCUT2D eigenvalue weighted by atomic mass is 9.97. The summed E-state index contributed by atoms with van der Waals surface area (Å²) in [5.74, 6) is 1.39. The number of hydrogen-bond donors (Lipinski definition) is 1. The average Bonchev–Trinajstić information content (AvgIpc) is 2.94. The van der Waals surface area contributed by atoms with E-state index in [-0.39, 0.29) is 5.91 Å². The van der Waals surface area contributed by atoms with Crippen LogP contribution in [0.3, 0.4) is 0 Å². The molecule has 2 aromatic heterocycles. The Hall–Kier alpha value is -2.17. The average molecular weight is 270 g/mol. The molecule has 2 aromatic rings. The van der Waals surface area contributed by atoms with Crippen LogP contribution in [0, 0.1) is 6.92 Å². The van der Waals surface area contributed by atoms with Crippen molar-refractivity contribution >= 4 is 5.91 Å². The molecular weight excluding hydrogens is 252 g/mol. The molecule has 0 unspecified atom stereocenters. The minimum Gasteiger partial charge on any atom is -0.346 e. The van der Waals surface area contributed by atoms with Gasteiger partial charge in [0.05, 0.1) is 0 Å². The summed E-state index contributed by atoms with van der Waals surface area (Å²) < 4.78 is 0. The van der Waals surface area contributed by atoms with Crippen LogP contribution in [0.5, 0.6) is 0 Å². The molecule has 3 heterocycles. The summed E-state index contributed by atoms with van der Waals surface area (Å²) in [5.41, 5.74) is 1.77. The zero-order valence-corrected chi connectivity index (χ0v) is 11.5. The van der Waals surface area contributed by atoms with Gasteiger partial charge in [0.15, 0.2) is 0 Å². The fourth-order valence-corrected chi connectivity index (χ4v) is 2.70. The van der Waals surface area contributed by atoms with Gasteiger partial charge in [0.2, 0.25) is 0 Å². The molecule has 1 fully saturated rings. The summed E-state index contributed by atoms with van der Waals surface area (Å²) in [6, 6.07) is 3.53. The van der Waals surface area contributed by atoms with Crippen molar-refractivity contribution in [3.05, 3.63) is 47.8 Å². The highest BCUT2D eigenvalue weighted by Crippen LogP contribution is 2.25. The van der Waals surface area contributed by atoms with Gasteiger partial charge in [-0.3, -0.25) is 9.78 Å². The molecule has 0 saturated carbocycles. The highest BCUT2D eigenvalue weighted by Gasteiger charge is 2.26. The second kappa shape index (κ2) is 5.45. The Morgan fingerprint density at radius 2 is 2.20 bits per heavy atom. The number of aromatic amines is 1. The summed E-state index contributed by atoms with van der Waals surface area (Å²) in [6.45, 7) is 3.55. The first kappa shape index (κ1) is 12.8. The maximum absolute atomic E-state index is 12.4. The number of carbonyl (C=O) groups is 1. The third-order valence-electron chi connectivity index (χ3n) is 3.75. The molecule has 1 atom stereocenters. The van der Waals surface area contributed by atoms with Crippen LogP contribution in [0.4, 0.5) is 0 Å². The minimum absolute atomic E-state index is 0.0837. The molecule has 1 N–H and O–H groups in total. The Bertz CT molecular complexity index is 593. The SMILES string of the molecule is Cc1cnc([C@@H]2CCCN(C(=O)c3ccncc3)C2)[nH]1. The number of hydrogen-bond acceptors (Lipinski definition) is 3. The third kappa shape index (κ3) is 2.57. The lowest BCUT2D eigenvalue weighted by Gasteiger charge is -2.32. The molecule has 0 bridgehead atoms. The van der Waals surface area contributed by atoms with Gasteiger partial charge in [-0.2, -0.15) is 0 Å². The van der Waals surface area contributed by atoms with Crippen LogP contribution >= 0.6 is 0 Å². The Kier molecular flexibility index (Phi) is 3.50. The first-order chi connectivity index (χ1) is 9.74. The molecule has 104 valence electrons. The summed E-state index contributed by atoms with van der Waals surface area (Å²) in [5, 5.41) is 0. The number of imidazole rings is 1. The van der Waals surface area contributed by atoms with Crippen LogP contribution in [-0.4, -0.2) is 38.8 Å². The van der Waals surface area contributed by atoms with Crippen molar-refractivity contribution in [1.82, 2.24) is 19.9 Å². The molecule has 3 rings (SSSR count). The van der Waals surface area contributed by atoms with Crippen LogP contribution in [0.15, 0.2) is 30.7 Å². The molecule has 5 nitrogen and oxygen atoms in total. The Morgan fingerprint density at radius 3 is 2.90 bits per heavy atom. The fraction of sp³-hybridized carbons (Fsp3) is 0.400. The lowest BCUT2D eigenvalue weighted by Crippen LogP contribution is -2.39. The van der Waals surface area contributed by atoms with Gasteiger partial charge in [-0.25, -0.2) is 4.98 Å². The van der Waals surface area contributed by atoms with Crippen LogP contribution < -0.4 is 0 Å². The van der Waals surface area contributed by atoms with Crippen molar-refractivity contribution in [2.45, 2.75) is 25.7 Å². The molecule has 1 saturated heterocycles. The van der Waals surface area contributed by atoms with E-state index in [4.69, 9.17) is 0 Å². The molecule has 1 amide bonds. The van der Waals surface area contributed by atoms with E-state index in [1.165, 1.54) is 0 Å². The predicted molar refractivity (Wildman–Crippen MR) is 75.4 cm³/mol. The number of pyridine rings is 1. The molecule has 0 radical (unpaired) electrons. The number of piperidine rings is 1. The Balaban J connectivity index is 1.74. The minimum atomic E-state index is 0.0837. The van der Waals surface area contributed by atoms with E-state index >= 15 is 0 Å². The molecule has 0 aromatic carbocycles. The summed E-state index contributed by atoms with van der Waals surface area (Å²) in [7, 11) is 0. The van der Waals surface area contributed by atoms with Gasteiger partial charge < -0.3 is 9.88 Å². The van der Waals surface area contributed by atoms with Crippen LogP contribution in [0.1, 0.15) is 40.6 Å². The van der Waals surface area contributed by atoms with Gasteiger partial charge >= 0.3 is 0 Å². The first-order valence-corrected chi connectivity index (χ1v) is 6.95. The van der Waals surface area contributed by atoms with E-state index in [0.29, 0.717) is 11.5 Å². The highest BCUT2D eigenvalue weighted by molar-refractivity contribution is 5.94. The van der Waals surface area contributed by atoms with E-state index in [9.17, 15) is 4.79 Å². The van der Waals surface area contributed by atoms with E-state index in [2.05, 4.69) is 15.0 Å². The number of carbonyl (C=O) groups excluding carboxylic acids is 1. The zero-order valence-electron chi connectivity index (χ0n) is 11.5. The summed E-state index contributed by atoms with van der Waals surface area (Å²) >= 11 is 0. The number of rotatable bonds is 2. The molecule has 0 aliphatic carbocycles. The van der Waals surface area contributed by atoms with Crippen molar-refractivity contribution < 1.29 is 4.79 Å². The highest BCUT2D eigenvalue weighted by atomic mass is 16.2. The number of likely N-dealkylation sites (tertiary alicyclic amines) is 1. The number of aryl methyl sites for hydroxylation is 1. The van der Waals surface area contributed by atoms with Crippen LogP contribution in [-0.2, 0) is 0 Å². The second-order valence-electron chi connectivity index (χ2n) is 5.28. The Morgan fingerprint density at radius 1 is 1.40 bits per heavy atom. The van der Waals surface area contributed by atoms with Crippen molar-refractivity contribution in [2.24, 2.45) is 0 Å². The second-order valence-corrected chi connectivity index (χ2v) is 5.28. The quantitative estimate of drug-likeness (QED) is 0.909. The summed E-state index contributed by atoms with van der Waals surface area (Å²) in [4.78, 5) is 26.0. The molecular formula is C15H18N4O. The van der Waals surface area contributed by atoms with Gasteiger partial charge in [-0.05, 0) is 31.9 Å². The smallest absolute Gasteiger partial charge is 0.253 e. The third-order valence-corrected chi connectivity index (χ3v) is 3.75. The van der Waals surface area contributed by atoms with Gasteiger partial charge in [0, 0.05) is 48.9 Å². The summed E-state index contributed by atoms with van der Waals surface area (Å²) in [6.07, 6.45) is 7.25. The maximum atomic E-state index is 12.4. The fourth-order valence-electron chi connectivity index (χ4n) is 2.70. The molecule has 5 heteroatoms. The largest absolute Gasteiger partial charge is 0.346 e. The maximum Gasteiger partial charge on any atom is 0.253 e. The van der Waals surface area contributed by atoms with Gasteiger partial charge in [-0.15, -0.1) is 0 Å². The predicted octanol–water partition coefficient (Wildman–Crippen LogP) is 2.13. The molecule has 1 aliphatic heterocycles. The number of H-pyrrole nitrogens is 1. The van der Waals surface area contributed by atoms with Crippen molar-refractivity contribution in [3.63, 3.8) is 0 Å². The van der Waals surface area contributed by atoms with E-state index in [1.54, 1.807) is 24.5 Å². The monoisotopic (exact) mass is 270 g/mol. The number of aromatic nitrogens is 3. The zero-order chi connectivity index (χ0) is 13.9. The van der Waals surface area contributed by atoms with E-state index in [0.717, 1.165) is 37.4 Å². The van der Waals surface area contributed by atoms with E-state index in [1.807, 2.05) is 18.0 Å². The van der Waals surface area contributed by atoms with Gasteiger partial charge in [0.1, 0.15) is 5.82 Å². The number of nitrogens with one attached hydrogen (secondary N) is 1. The van der Waals surface area contributed by atoms with Gasteiger partial charge in [0.25, 0.3) is 5.91 Å². The Labute approximate surface area is 118 Å². The molecule has 1 aliphatic rings. The lowest BCUT2D eigenvalue weighted by molar-refractivity contribution is 0.0704. The normalized spacial score (nSPS) is 19.1. The van der Waals surface area contributed by atoms with Crippen molar-refractivity contribution in [2.75, 3.05) is 13.1 Å². The molecule has 0 spiro atoms. The van der Waals surface area contributed by atoms with Crippen molar-refractivity contribution in [3.8, 4) is 0 Å². The van der Waals surface area contributed by atoms with Gasteiger partial charge in [-0.1, -0.05) is 0 Å². The number of nitrogens with zero attached hydrogens (tertiary/aromatic N) is 3. The first-order valence-electron chi connectivity index (χ1n) is 6.95. The topological polar surface area (TPSA) is 61.9 Å². The number of amides is 1.